The standard InChI is InChI=1S/Cr.2Ni.H3P/h;;;1H3. The molecule has 0 aliphatic carbocycles. The van der Waals surface area contributed by atoms with Crippen LogP contribution in [-0.4, -0.2) is 0 Å². The van der Waals surface area contributed by atoms with Gasteiger partial charge >= 0.3 is 0 Å². The Morgan fingerprint density at radius 3 is 0.750 bits per heavy atom. The maximum absolute atomic E-state index is 0. The summed E-state index contributed by atoms with van der Waals surface area (Å²) in [6, 6.07) is 0. The average molecular weight is 203 g/mol. The Hall–Kier alpha value is 1.95. The minimum atomic E-state index is 0. The maximum Gasteiger partial charge on any atom is 0 e. The van der Waals surface area contributed by atoms with Crippen molar-refractivity contribution in [2.75, 3.05) is 0 Å². The molecule has 1 atom stereocenters. The van der Waals surface area contributed by atoms with E-state index in [4.69, 9.17) is 0 Å². The summed E-state index contributed by atoms with van der Waals surface area (Å²) in [6.45, 7) is 0. The second-order valence-corrected chi connectivity index (χ2v) is 0. The van der Waals surface area contributed by atoms with Crippen LogP contribution in [0.5, 0.6) is 0 Å². The van der Waals surface area contributed by atoms with Crippen molar-refractivity contribution in [2.24, 2.45) is 0 Å². The van der Waals surface area contributed by atoms with Crippen molar-refractivity contribution in [1.29, 1.82) is 0 Å². The molecule has 0 aromatic heterocycles. The normalized spacial score (nSPS) is 0. The summed E-state index contributed by atoms with van der Waals surface area (Å²) in [7, 11) is 0. The van der Waals surface area contributed by atoms with E-state index in [2.05, 4.69) is 0 Å². The Balaban J connectivity index is 0. The first-order chi connectivity index (χ1) is 0. The van der Waals surface area contributed by atoms with E-state index in [1.165, 1.54) is 0 Å². The number of hydrogen-bond acceptors (Lipinski definition) is 0. The van der Waals surface area contributed by atoms with Crippen LogP contribution in [0, 0.1) is 0 Å². The molecule has 0 amide bonds. The third-order valence-electron chi connectivity index (χ3n) is 0. The summed E-state index contributed by atoms with van der Waals surface area (Å²) in [5, 5.41) is 0. The fourth-order valence-electron chi connectivity index (χ4n) is 0. The summed E-state index contributed by atoms with van der Waals surface area (Å²) < 4.78 is 0. The molecule has 0 saturated heterocycles. The van der Waals surface area contributed by atoms with Gasteiger partial charge in [-0.2, -0.15) is 9.90 Å². The summed E-state index contributed by atoms with van der Waals surface area (Å²) in [6.07, 6.45) is 0. The number of rotatable bonds is 0. The SMILES string of the molecule is P.[Cr].[Ni].[Ni]. The van der Waals surface area contributed by atoms with Crippen molar-refractivity contribution in [3.8, 4) is 0 Å². The van der Waals surface area contributed by atoms with Gasteiger partial charge in [0.15, 0.2) is 0 Å². The van der Waals surface area contributed by atoms with Crippen LogP contribution >= 0.6 is 9.90 Å². The van der Waals surface area contributed by atoms with E-state index < -0.39 is 0 Å². The molecule has 4 heavy (non-hydrogen) atoms. The van der Waals surface area contributed by atoms with E-state index in [-0.39, 0.29) is 60.2 Å². The van der Waals surface area contributed by atoms with Gasteiger partial charge in [0.1, 0.15) is 0 Å². The van der Waals surface area contributed by atoms with Gasteiger partial charge < -0.3 is 0 Å². The molecule has 0 fully saturated rings. The largest absolute Gasteiger partial charge is 0.153 e. The topological polar surface area (TPSA) is 0 Å². The summed E-state index contributed by atoms with van der Waals surface area (Å²) in [5.41, 5.74) is 0. The first-order valence-corrected chi connectivity index (χ1v) is 0. The van der Waals surface area contributed by atoms with Crippen LogP contribution in [0.2, 0.25) is 0 Å². The van der Waals surface area contributed by atoms with E-state index in [0.717, 1.165) is 0 Å². The van der Waals surface area contributed by atoms with Crippen molar-refractivity contribution in [3.05, 3.63) is 0 Å². The Bertz CT molecular complexity index is 6.00. The molecule has 0 radical (unpaired) electrons. The van der Waals surface area contributed by atoms with E-state index in [0.29, 0.717) is 0 Å². The molecule has 0 spiro atoms. The van der Waals surface area contributed by atoms with Crippen LogP contribution in [0.15, 0.2) is 0 Å². The second kappa shape index (κ2) is 20.3. The molecule has 0 heterocycles. The van der Waals surface area contributed by atoms with Gasteiger partial charge in [-0.3, -0.25) is 0 Å². The zero-order valence-electron chi connectivity index (χ0n) is 1.75. The fraction of sp³-hybridized carbons (Fsp3) is 0. The Morgan fingerprint density at radius 1 is 0.750 bits per heavy atom. The first-order valence-electron chi connectivity index (χ1n) is 0. The summed E-state index contributed by atoms with van der Waals surface area (Å²) >= 11 is 0. The molecule has 1 unspecified atom stereocenters. The van der Waals surface area contributed by atoms with Gasteiger partial charge in [0.25, 0.3) is 0 Å². The van der Waals surface area contributed by atoms with Crippen molar-refractivity contribution in [3.63, 3.8) is 0 Å². The maximum atomic E-state index is 0. The van der Waals surface area contributed by atoms with Crippen molar-refractivity contribution < 1.29 is 50.3 Å². The molecule has 0 rings (SSSR count). The average Bonchev–Trinajstić information content (AvgIpc) is 0. The van der Waals surface area contributed by atoms with E-state index in [1.807, 2.05) is 0 Å². The minimum Gasteiger partial charge on any atom is -0.153 e. The monoisotopic (exact) mass is 202 g/mol. The predicted molar refractivity (Wildman–Crippen MR) is 11.1 cm³/mol. The van der Waals surface area contributed by atoms with Crippen LogP contribution in [0.4, 0.5) is 0 Å². The Morgan fingerprint density at radius 2 is 0.750 bits per heavy atom. The molecular formula is H3CrNi2P. The van der Waals surface area contributed by atoms with E-state index in [9.17, 15) is 0 Å². The first kappa shape index (κ1) is 38.3. The second-order valence-electron chi connectivity index (χ2n) is 0. The Kier molecular flexibility index (Phi) is 195. The van der Waals surface area contributed by atoms with Crippen LogP contribution in [0.3, 0.4) is 0 Å². The molecule has 0 aliphatic rings. The molecule has 0 saturated carbocycles. The van der Waals surface area contributed by atoms with E-state index >= 15 is 0 Å². The van der Waals surface area contributed by atoms with Crippen molar-refractivity contribution in [1.82, 2.24) is 0 Å². The van der Waals surface area contributed by atoms with Crippen LogP contribution in [0.1, 0.15) is 0 Å². The molecule has 0 nitrogen and oxygen atoms in total. The molecule has 34 valence electrons. The quantitative estimate of drug-likeness (QED) is 0.385. The molecule has 0 aliphatic heterocycles. The zero-order valence-corrected chi connectivity index (χ0v) is 6.41. The predicted octanol–water partition coefficient (Wildman–Crippen LogP) is 0.0506. The van der Waals surface area contributed by atoms with Gasteiger partial charge in [-0.15, -0.1) is 0 Å². The smallest absolute Gasteiger partial charge is 0 e. The van der Waals surface area contributed by atoms with Gasteiger partial charge in [0, 0.05) is 50.3 Å². The molecule has 0 N–H and O–H groups in total. The molecule has 0 aromatic rings. The van der Waals surface area contributed by atoms with Gasteiger partial charge in [-0.05, 0) is 0 Å². The third-order valence-corrected chi connectivity index (χ3v) is 0. The number of hydrogen-bond donors (Lipinski definition) is 0. The summed E-state index contributed by atoms with van der Waals surface area (Å²) in [4.78, 5) is 0. The van der Waals surface area contributed by atoms with Gasteiger partial charge in [-0.25, -0.2) is 0 Å². The molecule has 0 aromatic carbocycles. The van der Waals surface area contributed by atoms with Gasteiger partial charge in [0.05, 0.1) is 0 Å². The van der Waals surface area contributed by atoms with Crippen LogP contribution < -0.4 is 0 Å². The van der Waals surface area contributed by atoms with Crippen LogP contribution in [0.25, 0.3) is 0 Å². The van der Waals surface area contributed by atoms with Gasteiger partial charge in [-0.1, -0.05) is 0 Å². The molecule has 0 bridgehead atoms. The summed E-state index contributed by atoms with van der Waals surface area (Å²) in [5.74, 6) is 0. The molecule has 4 heteroatoms. The van der Waals surface area contributed by atoms with Crippen molar-refractivity contribution in [2.45, 2.75) is 0 Å². The minimum absolute atomic E-state index is 0. The Labute approximate surface area is 60.1 Å². The van der Waals surface area contributed by atoms with E-state index in [1.54, 1.807) is 0 Å². The zero-order chi connectivity index (χ0) is 0. The van der Waals surface area contributed by atoms with Crippen molar-refractivity contribution >= 4 is 9.90 Å². The van der Waals surface area contributed by atoms with Gasteiger partial charge in [0.2, 0.25) is 0 Å². The molecular weight excluding hydrogens is 200 g/mol. The fourth-order valence-corrected chi connectivity index (χ4v) is 0. The third kappa shape index (κ3) is 9.04. The van der Waals surface area contributed by atoms with Crippen LogP contribution in [-0.2, 0) is 50.3 Å².